The number of nitrogens with one attached hydrogen (secondary N) is 1. The van der Waals surface area contributed by atoms with Crippen LogP contribution in [0.2, 0.25) is 0 Å². The molecule has 0 amide bonds. The highest BCUT2D eigenvalue weighted by atomic mass is 32.2. The molecule has 1 aliphatic carbocycles. The van der Waals surface area contributed by atoms with Crippen LogP contribution in [0.25, 0.3) is 0 Å². The summed E-state index contributed by atoms with van der Waals surface area (Å²) in [6.07, 6.45) is 5.79. The Hall–Kier alpha value is -0.400. The first kappa shape index (κ1) is 18.6. The molecule has 0 bridgehead atoms. The number of rotatable bonds is 10. The number of ketones is 1. The van der Waals surface area contributed by atoms with Crippen LogP contribution in [-0.2, 0) is 17.3 Å². The maximum atomic E-state index is 13.0. The van der Waals surface area contributed by atoms with Gasteiger partial charge in [-0.25, -0.2) is 13.5 Å². The van der Waals surface area contributed by atoms with Crippen LogP contribution in [0, 0.1) is 5.53 Å². The molecular weight excluding hydrogens is 331 g/mol. The van der Waals surface area contributed by atoms with Gasteiger partial charge < -0.3 is 0 Å². The number of nitrogens with zero attached hydrogens (tertiary/aromatic N) is 1. The van der Waals surface area contributed by atoms with E-state index in [1.165, 1.54) is 0 Å². The fourth-order valence-corrected chi connectivity index (χ4v) is 5.71. The van der Waals surface area contributed by atoms with Gasteiger partial charge in [-0.3, -0.25) is 9.36 Å². The zero-order valence-corrected chi connectivity index (χ0v) is 14.5. The fraction of sp³-hybridized carbons (Fsp3) is 0.583. The number of allylic oxidation sites excluding steroid dienone is 3. The molecule has 0 saturated carbocycles. The number of carbonyl (C=O) groups excluding carboxylic acids is 1. The van der Waals surface area contributed by atoms with Gasteiger partial charge in [0.25, 0.3) is 0 Å². The third kappa shape index (κ3) is 5.38. The maximum absolute atomic E-state index is 13.0. The lowest BCUT2D eigenvalue weighted by Crippen LogP contribution is -2.21. The summed E-state index contributed by atoms with van der Waals surface area (Å²) >= 11 is 2.10. The SMILES string of the molecule is CCSOP(=O)(OSCC)C1C=CCC=C1C(=O)CN=N. The van der Waals surface area contributed by atoms with Gasteiger partial charge in [0.1, 0.15) is 12.2 Å². The average molecular weight is 350 g/mol. The highest BCUT2D eigenvalue weighted by Gasteiger charge is 2.41. The molecule has 0 aromatic rings. The smallest absolute Gasteiger partial charge is 0.292 e. The summed E-state index contributed by atoms with van der Waals surface area (Å²) in [6, 6.07) is 0. The van der Waals surface area contributed by atoms with Gasteiger partial charge in [0.05, 0.1) is 0 Å². The van der Waals surface area contributed by atoms with Gasteiger partial charge in [-0.2, -0.15) is 5.11 Å². The summed E-state index contributed by atoms with van der Waals surface area (Å²) in [4.78, 5) is 12.0. The number of hydrogen-bond acceptors (Lipinski definition) is 8. The van der Waals surface area contributed by atoms with Gasteiger partial charge in [-0.1, -0.05) is 32.1 Å². The second kappa shape index (κ2) is 9.58. The summed E-state index contributed by atoms with van der Waals surface area (Å²) in [5.74, 6) is 0.917. The Balaban J connectivity index is 3.01. The number of Topliss-reactive ketones (excluding diaryl/α,β-unsaturated/α-hetero) is 1. The summed E-state index contributed by atoms with van der Waals surface area (Å²) in [5, 5.41) is 3.11. The quantitative estimate of drug-likeness (QED) is 0.272. The van der Waals surface area contributed by atoms with Crippen molar-refractivity contribution in [3.05, 3.63) is 23.8 Å². The summed E-state index contributed by atoms with van der Waals surface area (Å²) < 4.78 is 23.8. The van der Waals surface area contributed by atoms with Crippen molar-refractivity contribution in [3.8, 4) is 0 Å². The monoisotopic (exact) mass is 350 g/mol. The molecule has 1 N–H and O–H groups in total. The van der Waals surface area contributed by atoms with E-state index in [4.69, 9.17) is 13.5 Å². The van der Waals surface area contributed by atoms with E-state index in [9.17, 15) is 9.36 Å². The van der Waals surface area contributed by atoms with E-state index >= 15 is 0 Å². The van der Waals surface area contributed by atoms with Crippen molar-refractivity contribution in [2.24, 2.45) is 5.11 Å². The molecular formula is C12H19N2O4PS2. The van der Waals surface area contributed by atoms with E-state index < -0.39 is 13.3 Å². The highest BCUT2D eigenvalue weighted by Crippen LogP contribution is 2.61. The first-order valence-corrected chi connectivity index (χ1v) is 9.97. The zero-order valence-electron chi connectivity index (χ0n) is 12.0. The molecule has 0 saturated heterocycles. The third-order valence-electron chi connectivity index (χ3n) is 2.55. The molecule has 0 spiro atoms. The van der Waals surface area contributed by atoms with E-state index in [0.29, 0.717) is 23.5 Å². The minimum Gasteiger partial charge on any atom is -0.292 e. The van der Waals surface area contributed by atoms with Crippen LogP contribution >= 0.6 is 31.7 Å². The van der Waals surface area contributed by atoms with E-state index in [1.54, 1.807) is 12.2 Å². The molecule has 1 aliphatic rings. The predicted molar refractivity (Wildman–Crippen MR) is 86.7 cm³/mol. The summed E-state index contributed by atoms with van der Waals surface area (Å²) in [5.41, 5.74) is 6.43. The lowest BCUT2D eigenvalue weighted by molar-refractivity contribution is -0.114. The standard InChI is InChI=1S/C12H19N2O4PS2/c1-3-20-17-19(16,18-21-4-2)12-8-6-5-7-10(12)11(15)9-14-13/h6-8,12-13H,3-5,9H2,1-2H3. The molecule has 1 atom stereocenters. The Bertz CT molecular complexity index is 470. The molecule has 0 aromatic heterocycles. The van der Waals surface area contributed by atoms with Crippen LogP contribution in [0.3, 0.4) is 0 Å². The molecule has 1 unspecified atom stereocenters. The van der Waals surface area contributed by atoms with Gasteiger partial charge in [0.2, 0.25) is 0 Å². The molecule has 9 heteroatoms. The minimum atomic E-state index is -3.51. The van der Waals surface area contributed by atoms with Gasteiger partial charge >= 0.3 is 7.60 Å². The Morgan fingerprint density at radius 1 is 1.43 bits per heavy atom. The molecule has 0 aliphatic heterocycles. The molecule has 0 aromatic carbocycles. The van der Waals surface area contributed by atoms with Crippen LogP contribution in [0.5, 0.6) is 0 Å². The first-order chi connectivity index (χ1) is 10.1. The average Bonchev–Trinajstić information content (AvgIpc) is 2.51. The first-order valence-electron chi connectivity index (χ1n) is 6.54. The molecule has 6 nitrogen and oxygen atoms in total. The Labute approximate surface area is 133 Å². The molecule has 1 rings (SSSR count). The van der Waals surface area contributed by atoms with Crippen LogP contribution < -0.4 is 0 Å². The van der Waals surface area contributed by atoms with Gasteiger partial charge in [0.15, 0.2) is 5.78 Å². The summed E-state index contributed by atoms with van der Waals surface area (Å²) in [7, 11) is -3.51. The van der Waals surface area contributed by atoms with Crippen LogP contribution in [0.1, 0.15) is 20.3 Å². The second-order valence-corrected chi connectivity index (χ2v) is 8.46. The predicted octanol–water partition coefficient (Wildman–Crippen LogP) is 4.40. The van der Waals surface area contributed by atoms with Crippen molar-refractivity contribution in [1.29, 1.82) is 5.53 Å². The van der Waals surface area contributed by atoms with Crippen molar-refractivity contribution in [3.63, 3.8) is 0 Å². The Kier molecular flexibility index (Phi) is 8.51. The molecule has 21 heavy (non-hydrogen) atoms. The molecule has 0 fully saturated rings. The fourth-order valence-electron chi connectivity index (χ4n) is 1.70. The van der Waals surface area contributed by atoms with Crippen molar-refractivity contribution < 1.29 is 17.3 Å². The Morgan fingerprint density at radius 2 is 2.05 bits per heavy atom. The largest absolute Gasteiger partial charge is 0.363 e. The van der Waals surface area contributed by atoms with Gasteiger partial charge in [0, 0.05) is 41.2 Å². The van der Waals surface area contributed by atoms with E-state index in [1.807, 2.05) is 19.9 Å². The molecule has 0 radical (unpaired) electrons. The van der Waals surface area contributed by atoms with Crippen molar-refractivity contribution in [1.82, 2.24) is 0 Å². The maximum Gasteiger partial charge on any atom is 0.363 e. The minimum absolute atomic E-state index is 0.252. The lowest BCUT2D eigenvalue weighted by Gasteiger charge is -2.25. The van der Waals surface area contributed by atoms with E-state index in [0.717, 1.165) is 24.1 Å². The van der Waals surface area contributed by atoms with Crippen molar-refractivity contribution in [2.75, 3.05) is 18.1 Å². The van der Waals surface area contributed by atoms with Crippen molar-refractivity contribution >= 4 is 37.5 Å². The van der Waals surface area contributed by atoms with Gasteiger partial charge in [-0.15, -0.1) is 0 Å². The number of hydrogen-bond donors (Lipinski definition) is 1. The molecule has 118 valence electrons. The highest BCUT2D eigenvalue weighted by molar-refractivity contribution is 8.02. The van der Waals surface area contributed by atoms with Crippen molar-refractivity contribution in [2.45, 2.75) is 25.9 Å². The molecule has 0 heterocycles. The second-order valence-electron chi connectivity index (χ2n) is 4.01. The lowest BCUT2D eigenvalue weighted by atomic mass is 10.0. The van der Waals surface area contributed by atoms with Crippen LogP contribution in [-0.4, -0.2) is 29.5 Å². The van der Waals surface area contributed by atoms with Gasteiger partial charge in [-0.05, 0) is 6.42 Å². The zero-order chi connectivity index (χ0) is 15.7. The van der Waals surface area contributed by atoms with E-state index in [2.05, 4.69) is 5.11 Å². The third-order valence-corrected chi connectivity index (χ3v) is 6.65. The van der Waals surface area contributed by atoms with Crippen LogP contribution in [0.15, 0.2) is 28.9 Å². The van der Waals surface area contributed by atoms with Crippen LogP contribution in [0.4, 0.5) is 0 Å². The normalized spacial score (nSPS) is 18.4. The number of carbonyl (C=O) groups is 1. The Morgan fingerprint density at radius 3 is 2.57 bits per heavy atom. The summed E-state index contributed by atoms with van der Waals surface area (Å²) in [6.45, 7) is 3.50. The topological polar surface area (TPSA) is 88.8 Å². The van der Waals surface area contributed by atoms with E-state index in [-0.39, 0.29) is 12.3 Å².